The van der Waals surface area contributed by atoms with E-state index in [-0.39, 0.29) is 0 Å². The van der Waals surface area contributed by atoms with E-state index in [4.69, 9.17) is 0 Å². The molecule has 4 nitrogen and oxygen atoms in total. The first kappa shape index (κ1) is 13.7. The number of fused-ring (bicyclic) bond motifs is 1. The van der Waals surface area contributed by atoms with Crippen LogP contribution in [0.1, 0.15) is 20.3 Å². The Morgan fingerprint density at radius 3 is 2.74 bits per heavy atom. The van der Waals surface area contributed by atoms with Crippen LogP contribution in [0.15, 0.2) is 30.5 Å². The van der Waals surface area contributed by atoms with Crippen LogP contribution >= 0.6 is 0 Å². The first-order valence-electron chi connectivity index (χ1n) is 7.01. The predicted molar refractivity (Wildman–Crippen MR) is 80.4 cm³/mol. The van der Waals surface area contributed by atoms with Crippen molar-refractivity contribution in [1.82, 2.24) is 15.1 Å². The van der Waals surface area contributed by atoms with Crippen LogP contribution in [-0.4, -0.2) is 41.3 Å². The molecule has 102 valence electrons. The molecule has 1 aromatic heterocycles. The third-order valence-electron chi connectivity index (χ3n) is 3.41. The zero-order valence-electron chi connectivity index (χ0n) is 11.8. The molecule has 0 bridgehead atoms. The van der Waals surface area contributed by atoms with Crippen molar-refractivity contribution in [2.24, 2.45) is 0 Å². The number of nitrogens with zero attached hydrogens (tertiary/aromatic N) is 3. The van der Waals surface area contributed by atoms with Gasteiger partial charge in [0.05, 0.1) is 17.4 Å². The maximum atomic E-state index is 4.13. The summed E-state index contributed by atoms with van der Waals surface area (Å²) in [6, 6.07) is 8.09. The zero-order valence-corrected chi connectivity index (χ0v) is 11.8. The van der Waals surface area contributed by atoms with Crippen molar-refractivity contribution < 1.29 is 0 Å². The van der Waals surface area contributed by atoms with Gasteiger partial charge in [0.25, 0.3) is 0 Å². The fraction of sp³-hybridized carbons (Fsp3) is 0.467. The average molecular weight is 258 g/mol. The minimum Gasteiger partial charge on any atom is -0.383 e. The molecule has 2 aromatic rings. The molecule has 0 atom stereocenters. The van der Waals surface area contributed by atoms with Gasteiger partial charge >= 0.3 is 0 Å². The Hall–Kier alpha value is -1.68. The van der Waals surface area contributed by atoms with E-state index in [1.807, 2.05) is 18.2 Å². The molecule has 0 spiro atoms. The molecule has 0 unspecified atom stereocenters. The molecule has 0 radical (unpaired) electrons. The van der Waals surface area contributed by atoms with Crippen LogP contribution in [0.2, 0.25) is 0 Å². The van der Waals surface area contributed by atoms with Gasteiger partial charge in [0.15, 0.2) is 0 Å². The first-order chi connectivity index (χ1) is 9.35. The summed E-state index contributed by atoms with van der Waals surface area (Å²) >= 11 is 0. The highest BCUT2D eigenvalue weighted by Crippen LogP contribution is 2.19. The van der Waals surface area contributed by atoms with Crippen molar-refractivity contribution in [1.29, 1.82) is 0 Å². The van der Waals surface area contributed by atoms with Crippen LogP contribution in [0.25, 0.3) is 10.9 Å². The van der Waals surface area contributed by atoms with E-state index in [0.717, 1.165) is 49.2 Å². The molecule has 1 aromatic carbocycles. The van der Waals surface area contributed by atoms with E-state index in [2.05, 4.69) is 40.3 Å². The third-order valence-corrected chi connectivity index (χ3v) is 3.41. The van der Waals surface area contributed by atoms with Crippen molar-refractivity contribution in [2.75, 3.05) is 31.5 Å². The molecule has 0 fully saturated rings. The lowest BCUT2D eigenvalue weighted by atomic mass is 10.2. The lowest BCUT2D eigenvalue weighted by molar-refractivity contribution is 0.303. The monoisotopic (exact) mass is 258 g/mol. The molecule has 0 saturated carbocycles. The molecule has 0 amide bonds. The predicted octanol–water partition coefficient (Wildman–Crippen LogP) is 2.77. The second-order valence-electron chi connectivity index (χ2n) is 4.58. The van der Waals surface area contributed by atoms with Gasteiger partial charge < -0.3 is 10.2 Å². The Morgan fingerprint density at radius 2 is 1.95 bits per heavy atom. The molecule has 19 heavy (non-hydrogen) atoms. The number of aromatic nitrogens is 2. The standard InChI is InChI=1S/C15H22N4/c1-3-19(4-2)11-7-10-16-15-12-17-18-14-9-6-5-8-13(14)15/h5-6,8-9,12H,3-4,7,10-11H2,1-2H3,(H,16,18). The molecular weight excluding hydrogens is 236 g/mol. The van der Waals surface area contributed by atoms with E-state index in [9.17, 15) is 0 Å². The molecule has 4 heteroatoms. The maximum absolute atomic E-state index is 4.13. The molecule has 0 aliphatic carbocycles. The largest absolute Gasteiger partial charge is 0.383 e. The number of benzene rings is 1. The Kier molecular flexibility index (Phi) is 5.10. The summed E-state index contributed by atoms with van der Waals surface area (Å²) in [5.74, 6) is 0. The van der Waals surface area contributed by atoms with Crippen molar-refractivity contribution >= 4 is 16.6 Å². The van der Waals surface area contributed by atoms with Gasteiger partial charge in [-0.1, -0.05) is 32.0 Å². The average Bonchev–Trinajstić information content (AvgIpc) is 2.47. The summed E-state index contributed by atoms with van der Waals surface area (Å²) in [4.78, 5) is 2.44. The molecule has 1 N–H and O–H groups in total. The summed E-state index contributed by atoms with van der Waals surface area (Å²) in [5.41, 5.74) is 2.02. The number of hydrogen-bond acceptors (Lipinski definition) is 4. The van der Waals surface area contributed by atoms with Gasteiger partial charge in [-0.05, 0) is 32.1 Å². The third kappa shape index (κ3) is 3.64. The van der Waals surface area contributed by atoms with E-state index in [1.165, 1.54) is 0 Å². The molecule has 0 aliphatic heterocycles. The van der Waals surface area contributed by atoms with E-state index >= 15 is 0 Å². The van der Waals surface area contributed by atoms with Crippen LogP contribution in [0, 0.1) is 0 Å². The van der Waals surface area contributed by atoms with Gasteiger partial charge in [0.2, 0.25) is 0 Å². The maximum Gasteiger partial charge on any atom is 0.0950 e. The van der Waals surface area contributed by atoms with Crippen molar-refractivity contribution in [3.05, 3.63) is 30.5 Å². The van der Waals surface area contributed by atoms with Gasteiger partial charge in [-0.3, -0.25) is 0 Å². The summed E-state index contributed by atoms with van der Waals surface area (Å²) in [6.45, 7) is 8.75. The number of hydrogen-bond donors (Lipinski definition) is 1. The van der Waals surface area contributed by atoms with E-state index in [1.54, 1.807) is 6.20 Å². The van der Waals surface area contributed by atoms with Gasteiger partial charge in [-0.2, -0.15) is 10.2 Å². The van der Waals surface area contributed by atoms with Gasteiger partial charge in [-0.25, -0.2) is 0 Å². The van der Waals surface area contributed by atoms with Gasteiger partial charge in [-0.15, -0.1) is 0 Å². The fourth-order valence-corrected chi connectivity index (χ4v) is 2.21. The molecule has 1 heterocycles. The van der Waals surface area contributed by atoms with Crippen molar-refractivity contribution in [3.63, 3.8) is 0 Å². The molecule has 0 aliphatic rings. The van der Waals surface area contributed by atoms with Crippen LogP contribution in [0.5, 0.6) is 0 Å². The quantitative estimate of drug-likeness (QED) is 0.775. The Labute approximate surface area is 114 Å². The second kappa shape index (κ2) is 7.04. The van der Waals surface area contributed by atoms with Crippen molar-refractivity contribution in [3.8, 4) is 0 Å². The number of anilines is 1. The lowest BCUT2D eigenvalue weighted by Crippen LogP contribution is -2.25. The van der Waals surface area contributed by atoms with Gasteiger partial charge in [0.1, 0.15) is 0 Å². The van der Waals surface area contributed by atoms with E-state index < -0.39 is 0 Å². The Balaban J connectivity index is 1.91. The Bertz CT molecular complexity index is 503. The van der Waals surface area contributed by atoms with Crippen LogP contribution < -0.4 is 5.32 Å². The zero-order chi connectivity index (χ0) is 13.5. The summed E-state index contributed by atoms with van der Waals surface area (Å²) in [6.07, 6.45) is 2.94. The van der Waals surface area contributed by atoms with Crippen LogP contribution in [-0.2, 0) is 0 Å². The molecular formula is C15H22N4. The fourth-order valence-electron chi connectivity index (χ4n) is 2.21. The number of nitrogens with one attached hydrogen (secondary N) is 1. The van der Waals surface area contributed by atoms with E-state index in [0.29, 0.717) is 0 Å². The highest BCUT2D eigenvalue weighted by atomic mass is 15.1. The number of rotatable bonds is 7. The summed E-state index contributed by atoms with van der Waals surface area (Å²) in [5, 5.41) is 12.8. The Morgan fingerprint density at radius 1 is 1.16 bits per heavy atom. The van der Waals surface area contributed by atoms with Crippen molar-refractivity contribution in [2.45, 2.75) is 20.3 Å². The van der Waals surface area contributed by atoms with Crippen LogP contribution in [0.4, 0.5) is 5.69 Å². The highest BCUT2D eigenvalue weighted by Gasteiger charge is 2.02. The SMILES string of the molecule is CCN(CC)CCCNc1cnnc2ccccc12. The molecule has 0 saturated heterocycles. The topological polar surface area (TPSA) is 41.0 Å². The smallest absolute Gasteiger partial charge is 0.0950 e. The lowest BCUT2D eigenvalue weighted by Gasteiger charge is -2.18. The minimum absolute atomic E-state index is 0.941. The van der Waals surface area contributed by atoms with Crippen LogP contribution in [0.3, 0.4) is 0 Å². The van der Waals surface area contributed by atoms with Gasteiger partial charge in [0, 0.05) is 11.9 Å². The summed E-state index contributed by atoms with van der Waals surface area (Å²) in [7, 11) is 0. The first-order valence-corrected chi connectivity index (χ1v) is 7.01. The normalized spacial score (nSPS) is 11.1. The summed E-state index contributed by atoms with van der Waals surface area (Å²) < 4.78 is 0. The molecule has 2 rings (SSSR count). The highest BCUT2D eigenvalue weighted by molar-refractivity contribution is 5.90. The minimum atomic E-state index is 0.941. The second-order valence-corrected chi connectivity index (χ2v) is 4.58.